The first kappa shape index (κ1) is 33.8. The van der Waals surface area contributed by atoms with Crippen LogP contribution in [0, 0.1) is 22.7 Å². The Morgan fingerprint density at radius 2 is 1.53 bits per heavy atom. The Morgan fingerprint density at radius 1 is 0.933 bits per heavy atom. The minimum Gasteiger partial charge on any atom is -0.462 e. The lowest BCUT2D eigenvalue weighted by Crippen LogP contribution is -2.67. The van der Waals surface area contributed by atoms with Crippen LogP contribution >= 0.6 is 0 Å². The molecule has 1 aromatic rings. The number of esters is 4. The Morgan fingerprint density at radius 3 is 2.11 bits per heavy atom. The van der Waals surface area contributed by atoms with Gasteiger partial charge in [0.25, 0.3) is 0 Å². The highest BCUT2D eigenvalue weighted by Gasteiger charge is 2.67. The first-order valence-corrected chi connectivity index (χ1v) is 15.1. The van der Waals surface area contributed by atoms with Crippen molar-refractivity contribution >= 4 is 35.7 Å². The summed E-state index contributed by atoms with van der Waals surface area (Å²) in [5, 5.41) is 12.1. The summed E-state index contributed by atoms with van der Waals surface area (Å²) in [7, 11) is 0. The molecule has 10 nitrogen and oxygen atoms in total. The second-order valence-electron chi connectivity index (χ2n) is 13.0. The predicted molar refractivity (Wildman–Crippen MR) is 163 cm³/mol. The third-order valence-electron chi connectivity index (χ3n) is 9.75. The summed E-state index contributed by atoms with van der Waals surface area (Å²) in [6, 6.07) is 9.15. The molecule has 0 saturated heterocycles. The summed E-state index contributed by atoms with van der Waals surface area (Å²) in [5.41, 5.74) is -0.581. The lowest BCUT2D eigenvalue weighted by molar-refractivity contribution is -0.224. The van der Waals surface area contributed by atoms with Gasteiger partial charge in [0.05, 0.1) is 5.41 Å². The minimum atomic E-state index is -1.49. The second kappa shape index (κ2) is 12.7. The lowest BCUT2D eigenvalue weighted by Gasteiger charge is -2.60. The van der Waals surface area contributed by atoms with Gasteiger partial charge in [-0.3, -0.25) is 19.2 Å². The number of ketones is 1. The van der Waals surface area contributed by atoms with Crippen LogP contribution in [0.4, 0.5) is 0 Å². The van der Waals surface area contributed by atoms with Crippen LogP contribution in [0.5, 0.6) is 0 Å². The van der Waals surface area contributed by atoms with Crippen molar-refractivity contribution in [3.8, 4) is 0 Å². The van der Waals surface area contributed by atoms with E-state index in [0.29, 0.717) is 16.7 Å². The number of aliphatic hydroxyl groups is 1. The molecule has 2 saturated carbocycles. The number of aliphatic hydroxyl groups excluding tert-OH is 1. The fourth-order valence-electron chi connectivity index (χ4n) is 7.74. The molecule has 0 amide bonds. The highest BCUT2D eigenvalue weighted by Crippen LogP contribution is 2.60. The molecule has 0 unspecified atom stereocenters. The van der Waals surface area contributed by atoms with Crippen LogP contribution < -0.4 is 0 Å². The zero-order valence-electron chi connectivity index (χ0n) is 26.8. The van der Waals surface area contributed by atoms with E-state index in [-0.39, 0.29) is 18.6 Å². The number of allylic oxidation sites excluding steroid dienone is 1. The Bertz CT molecular complexity index is 1450. The van der Waals surface area contributed by atoms with Crippen LogP contribution in [0.25, 0.3) is 6.08 Å². The normalized spacial score (nSPS) is 32.6. The Kier molecular flexibility index (Phi) is 9.59. The van der Waals surface area contributed by atoms with E-state index in [4.69, 9.17) is 18.9 Å². The molecular weight excluding hydrogens is 580 g/mol. The van der Waals surface area contributed by atoms with Crippen molar-refractivity contribution in [1.82, 2.24) is 0 Å². The van der Waals surface area contributed by atoms with E-state index >= 15 is 0 Å². The number of carbonyl (C=O) groups is 5. The van der Waals surface area contributed by atoms with Crippen LogP contribution in [0.3, 0.4) is 0 Å². The first-order valence-electron chi connectivity index (χ1n) is 15.1. The molecule has 0 spiro atoms. The summed E-state index contributed by atoms with van der Waals surface area (Å²) < 4.78 is 23.7. The van der Waals surface area contributed by atoms with Crippen LogP contribution in [-0.2, 0) is 42.9 Å². The van der Waals surface area contributed by atoms with Gasteiger partial charge in [0.15, 0.2) is 5.78 Å². The largest absolute Gasteiger partial charge is 0.462 e. The maximum Gasteiger partial charge on any atom is 0.331 e. The number of ether oxygens (including phenoxy) is 4. The van der Waals surface area contributed by atoms with E-state index in [1.165, 1.54) is 26.8 Å². The van der Waals surface area contributed by atoms with Crippen LogP contribution in [0.1, 0.15) is 66.9 Å². The maximum atomic E-state index is 13.4. The summed E-state index contributed by atoms with van der Waals surface area (Å²) in [5.74, 6) is -4.60. The van der Waals surface area contributed by atoms with Gasteiger partial charge in [-0.1, -0.05) is 57.7 Å². The molecular formula is C35H42O10. The standard InChI is InChI=1S/C35H42O10/c1-18-25(39)16-24-32(43-21(4)37)30-19(2)26(45-28(40)15-14-23-12-10-9-11-13-23)17-27(42-20(3)36)35(30,8)33(44-22(5)38)31(41)29(18)34(24,6)7/h9-15,24,26-27,30-33,41H,2,16-17H2,1,3-8H3/t24-,26+,27+,30+,31-,32-,33+,35+/m1/s1. The van der Waals surface area contributed by atoms with Gasteiger partial charge >= 0.3 is 23.9 Å². The van der Waals surface area contributed by atoms with Crippen molar-refractivity contribution in [3.05, 3.63) is 65.3 Å². The van der Waals surface area contributed by atoms with Gasteiger partial charge in [-0.05, 0) is 40.7 Å². The monoisotopic (exact) mass is 622 g/mol. The van der Waals surface area contributed by atoms with Crippen LogP contribution in [-0.4, -0.2) is 65.3 Å². The van der Waals surface area contributed by atoms with E-state index in [9.17, 15) is 29.1 Å². The van der Waals surface area contributed by atoms with Gasteiger partial charge in [-0.2, -0.15) is 0 Å². The molecule has 1 aromatic carbocycles. The molecule has 0 aliphatic heterocycles. The molecule has 2 bridgehead atoms. The Labute approximate surface area is 263 Å². The number of carbonyl (C=O) groups excluding carboxylic acids is 5. The summed E-state index contributed by atoms with van der Waals surface area (Å²) in [4.78, 5) is 64.4. The molecule has 4 rings (SSSR count). The molecule has 3 aliphatic rings. The van der Waals surface area contributed by atoms with E-state index in [2.05, 4.69) is 6.58 Å². The highest BCUT2D eigenvalue weighted by atomic mass is 16.6. The molecule has 3 aliphatic carbocycles. The zero-order valence-corrected chi connectivity index (χ0v) is 26.8. The minimum absolute atomic E-state index is 0.00636. The van der Waals surface area contributed by atoms with E-state index in [0.717, 1.165) is 5.56 Å². The van der Waals surface area contributed by atoms with Crippen LogP contribution in [0.15, 0.2) is 59.7 Å². The first-order chi connectivity index (χ1) is 21.0. The van der Waals surface area contributed by atoms with Crippen molar-refractivity contribution in [2.75, 3.05) is 0 Å². The number of Topliss-reactive ketones (excluding diaryl/α,β-unsaturated/α-hetero) is 1. The number of fused-ring (bicyclic) bond motifs is 3. The number of hydrogen-bond donors (Lipinski definition) is 1. The van der Waals surface area contributed by atoms with Crippen molar-refractivity contribution in [3.63, 3.8) is 0 Å². The van der Waals surface area contributed by atoms with Gasteiger partial charge in [0.1, 0.15) is 30.5 Å². The average Bonchev–Trinajstić information content (AvgIpc) is 2.94. The fraction of sp³-hybridized carbons (Fsp3) is 0.514. The topological polar surface area (TPSA) is 143 Å². The smallest absolute Gasteiger partial charge is 0.331 e. The summed E-state index contributed by atoms with van der Waals surface area (Å²) >= 11 is 0. The van der Waals surface area contributed by atoms with E-state index in [1.807, 2.05) is 44.2 Å². The Balaban J connectivity index is 1.92. The molecule has 0 radical (unpaired) electrons. The zero-order chi connectivity index (χ0) is 33.4. The summed E-state index contributed by atoms with van der Waals surface area (Å²) in [6.45, 7) is 15.0. The molecule has 2 fully saturated rings. The van der Waals surface area contributed by atoms with Gasteiger partial charge in [0.2, 0.25) is 0 Å². The predicted octanol–water partition coefficient (Wildman–Crippen LogP) is 4.30. The number of rotatable bonds is 6. The van der Waals surface area contributed by atoms with Gasteiger partial charge in [-0.25, -0.2) is 4.79 Å². The maximum absolute atomic E-state index is 13.4. The number of hydrogen-bond acceptors (Lipinski definition) is 10. The van der Waals surface area contributed by atoms with Gasteiger partial charge in [0, 0.05) is 51.5 Å². The molecule has 45 heavy (non-hydrogen) atoms. The van der Waals surface area contributed by atoms with E-state index in [1.54, 1.807) is 19.9 Å². The summed E-state index contributed by atoms with van der Waals surface area (Å²) in [6.07, 6.45) is -3.25. The SMILES string of the molecule is C=C1[C@@H](OC(=O)C=Cc2ccccc2)C[C@H](OC(C)=O)[C@]2(C)[C@@H](OC(C)=O)[C@H](O)C3=C(C)C(=O)C[C@H]([C@@H](OC(C)=O)[C@H]12)C3(C)C. The molecule has 1 N–H and O–H groups in total. The number of benzene rings is 1. The van der Waals surface area contributed by atoms with Crippen molar-refractivity contribution < 1.29 is 48.0 Å². The van der Waals surface area contributed by atoms with Crippen molar-refractivity contribution in [2.24, 2.45) is 22.7 Å². The average molecular weight is 623 g/mol. The van der Waals surface area contributed by atoms with Gasteiger partial charge in [-0.15, -0.1) is 0 Å². The molecule has 10 heteroatoms. The van der Waals surface area contributed by atoms with Crippen molar-refractivity contribution in [1.29, 1.82) is 0 Å². The lowest BCUT2D eigenvalue weighted by atomic mass is 9.48. The van der Waals surface area contributed by atoms with Crippen molar-refractivity contribution in [2.45, 2.75) is 91.8 Å². The quantitative estimate of drug-likeness (QED) is 0.211. The van der Waals surface area contributed by atoms with Crippen LogP contribution in [0.2, 0.25) is 0 Å². The molecule has 0 aromatic heterocycles. The third-order valence-corrected chi connectivity index (χ3v) is 9.75. The van der Waals surface area contributed by atoms with E-state index < -0.39 is 77.1 Å². The molecule has 0 heterocycles. The molecule has 242 valence electrons. The second-order valence-corrected chi connectivity index (χ2v) is 13.0. The molecule has 8 atom stereocenters. The Hall–Kier alpha value is -4.05. The highest BCUT2D eigenvalue weighted by molar-refractivity contribution is 5.97. The third kappa shape index (κ3) is 6.38. The van der Waals surface area contributed by atoms with Gasteiger partial charge < -0.3 is 24.1 Å². The fourth-order valence-corrected chi connectivity index (χ4v) is 7.74.